The number of hydrogen-bond donors (Lipinski definition) is 0. The first-order valence-electron chi connectivity index (χ1n) is 5.23. The van der Waals surface area contributed by atoms with Crippen molar-refractivity contribution >= 4 is 41.0 Å². The molecule has 19 heavy (non-hydrogen) atoms. The van der Waals surface area contributed by atoms with E-state index in [9.17, 15) is 10.1 Å². The summed E-state index contributed by atoms with van der Waals surface area (Å²) in [5, 5.41) is 15.3. The van der Waals surface area contributed by atoms with Gasteiger partial charge >= 0.3 is 5.69 Å². The minimum atomic E-state index is -0.527. The van der Waals surface area contributed by atoms with Crippen molar-refractivity contribution in [2.75, 3.05) is 0 Å². The molecule has 0 aliphatic rings. The molecule has 0 radical (unpaired) electrons. The van der Waals surface area contributed by atoms with E-state index in [0.29, 0.717) is 10.0 Å². The third-order valence-electron chi connectivity index (χ3n) is 2.42. The van der Waals surface area contributed by atoms with Crippen molar-refractivity contribution in [1.82, 2.24) is 5.16 Å². The summed E-state index contributed by atoms with van der Waals surface area (Å²) in [4.78, 5) is 10.3. The molecule has 0 N–H and O–H groups in total. The van der Waals surface area contributed by atoms with E-state index in [1.165, 1.54) is 13.0 Å². The van der Waals surface area contributed by atoms with E-state index in [1.807, 2.05) is 0 Å². The predicted molar refractivity (Wildman–Crippen MR) is 73.3 cm³/mol. The Bertz CT molecular complexity index is 665. The first-order valence-corrected chi connectivity index (χ1v) is 5.98. The van der Waals surface area contributed by atoms with Gasteiger partial charge in [0.2, 0.25) is 5.76 Å². The standard InChI is InChI=1S/C12H8Cl2N2O3/c1-7-12(16(17)18)11(15-19-7)5-3-8-2-4-9(13)10(14)6-8/h2-6H,1H3/b5-3+. The third-order valence-corrected chi connectivity index (χ3v) is 3.16. The number of halogens is 2. The number of nitro groups is 1. The van der Waals surface area contributed by atoms with Gasteiger partial charge in [0.15, 0.2) is 5.69 Å². The molecular weight excluding hydrogens is 291 g/mol. The molecule has 98 valence electrons. The van der Waals surface area contributed by atoms with Crippen LogP contribution in [0.15, 0.2) is 22.7 Å². The molecule has 0 saturated heterocycles. The van der Waals surface area contributed by atoms with Crippen LogP contribution in [-0.2, 0) is 0 Å². The molecule has 0 unspecified atom stereocenters. The summed E-state index contributed by atoms with van der Waals surface area (Å²) in [6.07, 6.45) is 3.14. The fourth-order valence-electron chi connectivity index (χ4n) is 1.51. The number of benzene rings is 1. The molecule has 0 amide bonds. The fourth-order valence-corrected chi connectivity index (χ4v) is 1.81. The smallest absolute Gasteiger partial charge is 0.338 e. The number of aromatic nitrogens is 1. The SMILES string of the molecule is Cc1onc(/C=C/c2ccc(Cl)c(Cl)c2)c1[N+](=O)[O-]. The van der Waals surface area contributed by atoms with Crippen LogP contribution in [0.1, 0.15) is 17.0 Å². The van der Waals surface area contributed by atoms with Crippen LogP contribution in [0.25, 0.3) is 12.2 Å². The average Bonchev–Trinajstić information content (AvgIpc) is 2.72. The highest BCUT2D eigenvalue weighted by Crippen LogP contribution is 2.26. The Hall–Kier alpha value is -1.85. The van der Waals surface area contributed by atoms with Crippen molar-refractivity contribution in [3.8, 4) is 0 Å². The van der Waals surface area contributed by atoms with Crippen LogP contribution in [0, 0.1) is 17.0 Å². The molecule has 1 aromatic carbocycles. The monoisotopic (exact) mass is 298 g/mol. The summed E-state index contributed by atoms with van der Waals surface area (Å²) in [6.45, 7) is 1.49. The lowest BCUT2D eigenvalue weighted by Gasteiger charge is -1.96. The molecule has 2 aromatic rings. The van der Waals surface area contributed by atoms with E-state index in [1.54, 1.807) is 24.3 Å². The van der Waals surface area contributed by atoms with E-state index in [4.69, 9.17) is 27.7 Å². The Labute approximate surface area is 118 Å². The van der Waals surface area contributed by atoms with E-state index in [0.717, 1.165) is 5.56 Å². The van der Waals surface area contributed by atoms with Crippen molar-refractivity contribution in [2.24, 2.45) is 0 Å². The quantitative estimate of drug-likeness (QED) is 0.623. The Balaban J connectivity index is 2.32. The Morgan fingerprint density at radius 3 is 2.68 bits per heavy atom. The van der Waals surface area contributed by atoms with E-state index >= 15 is 0 Å². The molecule has 0 saturated carbocycles. The van der Waals surface area contributed by atoms with Gasteiger partial charge in [0, 0.05) is 6.92 Å². The number of aryl methyl sites for hydroxylation is 1. The second-order valence-corrected chi connectivity index (χ2v) is 4.55. The lowest BCUT2D eigenvalue weighted by atomic mass is 10.2. The maximum atomic E-state index is 10.8. The average molecular weight is 299 g/mol. The van der Waals surface area contributed by atoms with Gasteiger partial charge in [-0.1, -0.05) is 40.5 Å². The van der Waals surface area contributed by atoms with Crippen molar-refractivity contribution < 1.29 is 9.45 Å². The fraction of sp³-hybridized carbons (Fsp3) is 0.0833. The molecule has 1 aromatic heterocycles. The van der Waals surface area contributed by atoms with E-state index in [-0.39, 0.29) is 17.1 Å². The summed E-state index contributed by atoms with van der Waals surface area (Å²) in [6, 6.07) is 5.04. The van der Waals surface area contributed by atoms with Gasteiger partial charge in [-0.2, -0.15) is 0 Å². The lowest BCUT2D eigenvalue weighted by molar-refractivity contribution is -0.386. The van der Waals surface area contributed by atoms with Gasteiger partial charge in [0.1, 0.15) is 0 Å². The van der Waals surface area contributed by atoms with Crippen LogP contribution in [0.2, 0.25) is 10.0 Å². The van der Waals surface area contributed by atoms with Crippen LogP contribution in [0.3, 0.4) is 0 Å². The Morgan fingerprint density at radius 1 is 1.32 bits per heavy atom. The molecule has 0 fully saturated rings. The van der Waals surface area contributed by atoms with Gasteiger partial charge < -0.3 is 4.52 Å². The van der Waals surface area contributed by atoms with E-state index in [2.05, 4.69) is 5.16 Å². The molecule has 1 heterocycles. The van der Waals surface area contributed by atoms with Crippen molar-refractivity contribution in [3.05, 3.63) is 55.4 Å². The zero-order valence-corrected chi connectivity index (χ0v) is 11.3. The first kappa shape index (κ1) is 13.6. The predicted octanol–water partition coefficient (Wildman–Crippen LogP) is 4.37. The summed E-state index contributed by atoms with van der Waals surface area (Å²) in [5.41, 5.74) is 0.772. The minimum absolute atomic E-state index is 0.142. The zero-order valence-electron chi connectivity index (χ0n) is 9.76. The van der Waals surface area contributed by atoms with Crippen LogP contribution >= 0.6 is 23.2 Å². The largest absolute Gasteiger partial charge is 0.354 e. The van der Waals surface area contributed by atoms with Gasteiger partial charge in [0.25, 0.3) is 0 Å². The summed E-state index contributed by atoms with van der Waals surface area (Å²) in [5.74, 6) is 0.166. The first-order chi connectivity index (χ1) is 8.99. The molecular formula is C12H8Cl2N2O3. The molecule has 0 aliphatic heterocycles. The van der Waals surface area contributed by atoms with Gasteiger partial charge in [-0.15, -0.1) is 0 Å². The van der Waals surface area contributed by atoms with Crippen molar-refractivity contribution in [2.45, 2.75) is 6.92 Å². The second-order valence-electron chi connectivity index (χ2n) is 3.74. The number of hydrogen-bond acceptors (Lipinski definition) is 4. The molecule has 0 atom stereocenters. The van der Waals surface area contributed by atoms with Gasteiger partial charge in [0.05, 0.1) is 15.0 Å². The normalized spacial score (nSPS) is 11.1. The lowest BCUT2D eigenvalue weighted by Crippen LogP contribution is -1.90. The van der Waals surface area contributed by atoms with Crippen LogP contribution in [-0.4, -0.2) is 10.1 Å². The van der Waals surface area contributed by atoms with Crippen LogP contribution in [0.4, 0.5) is 5.69 Å². The molecule has 7 heteroatoms. The zero-order chi connectivity index (χ0) is 14.0. The van der Waals surface area contributed by atoms with Gasteiger partial charge in [-0.25, -0.2) is 0 Å². The topological polar surface area (TPSA) is 69.2 Å². The second kappa shape index (κ2) is 5.42. The van der Waals surface area contributed by atoms with Crippen LogP contribution < -0.4 is 0 Å². The summed E-state index contributed by atoms with van der Waals surface area (Å²) in [7, 11) is 0. The molecule has 0 aliphatic carbocycles. The van der Waals surface area contributed by atoms with Crippen molar-refractivity contribution in [3.63, 3.8) is 0 Å². The van der Waals surface area contributed by atoms with Gasteiger partial charge in [-0.05, 0) is 23.8 Å². The molecule has 5 nitrogen and oxygen atoms in total. The number of nitrogens with zero attached hydrogens (tertiary/aromatic N) is 2. The third kappa shape index (κ3) is 2.94. The summed E-state index contributed by atoms with van der Waals surface area (Å²) < 4.78 is 4.80. The highest BCUT2D eigenvalue weighted by atomic mass is 35.5. The molecule has 0 bridgehead atoms. The maximum Gasteiger partial charge on any atom is 0.338 e. The Morgan fingerprint density at radius 2 is 2.05 bits per heavy atom. The molecule has 0 spiro atoms. The van der Waals surface area contributed by atoms with Gasteiger partial charge in [-0.3, -0.25) is 10.1 Å². The molecule has 2 rings (SSSR count). The van der Waals surface area contributed by atoms with E-state index < -0.39 is 4.92 Å². The van der Waals surface area contributed by atoms with Crippen molar-refractivity contribution in [1.29, 1.82) is 0 Å². The highest BCUT2D eigenvalue weighted by Gasteiger charge is 2.21. The summed E-state index contributed by atoms with van der Waals surface area (Å²) >= 11 is 11.7. The minimum Gasteiger partial charge on any atom is -0.354 e. The Kier molecular flexibility index (Phi) is 3.87. The van der Waals surface area contributed by atoms with Crippen LogP contribution in [0.5, 0.6) is 0 Å². The number of rotatable bonds is 3. The highest BCUT2D eigenvalue weighted by molar-refractivity contribution is 6.42. The maximum absolute atomic E-state index is 10.8.